The van der Waals surface area contributed by atoms with Crippen molar-refractivity contribution in [1.29, 1.82) is 0 Å². The van der Waals surface area contributed by atoms with Gasteiger partial charge in [0.25, 0.3) is 0 Å². The number of anilines is 1. The highest BCUT2D eigenvalue weighted by Crippen LogP contribution is 2.23. The van der Waals surface area contributed by atoms with Gasteiger partial charge in [-0.15, -0.1) is 0 Å². The van der Waals surface area contributed by atoms with Crippen molar-refractivity contribution in [2.24, 2.45) is 0 Å². The van der Waals surface area contributed by atoms with Gasteiger partial charge in [0.1, 0.15) is 17.3 Å². The van der Waals surface area contributed by atoms with Gasteiger partial charge in [-0.3, -0.25) is 4.79 Å². The molecule has 1 amide bonds. The van der Waals surface area contributed by atoms with Crippen LogP contribution in [0, 0.1) is 0 Å². The van der Waals surface area contributed by atoms with E-state index in [-0.39, 0.29) is 11.9 Å². The van der Waals surface area contributed by atoms with E-state index in [4.69, 9.17) is 14.1 Å². The SMILES string of the molecule is COc1cccc(Cc2nsc(N(CCC(=O)NC(C)CCc3ccccc3)Cc3ccco3)n2)c1. The molecule has 0 aliphatic rings. The Kier molecular flexibility index (Phi) is 9.10. The maximum atomic E-state index is 12.7. The highest BCUT2D eigenvalue weighted by atomic mass is 32.1. The molecule has 0 bridgehead atoms. The minimum Gasteiger partial charge on any atom is -0.497 e. The van der Waals surface area contributed by atoms with Gasteiger partial charge in [-0.05, 0) is 55.2 Å². The molecule has 1 unspecified atom stereocenters. The zero-order chi connectivity index (χ0) is 25.2. The van der Waals surface area contributed by atoms with Crippen molar-refractivity contribution in [3.63, 3.8) is 0 Å². The van der Waals surface area contributed by atoms with Gasteiger partial charge in [0, 0.05) is 37.0 Å². The lowest BCUT2D eigenvalue weighted by molar-refractivity contribution is -0.121. The number of nitrogens with zero attached hydrogens (tertiary/aromatic N) is 3. The number of rotatable bonds is 13. The summed E-state index contributed by atoms with van der Waals surface area (Å²) in [4.78, 5) is 19.5. The van der Waals surface area contributed by atoms with E-state index in [1.165, 1.54) is 17.1 Å². The van der Waals surface area contributed by atoms with Gasteiger partial charge in [0.05, 0.1) is 19.9 Å². The van der Waals surface area contributed by atoms with Crippen molar-refractivity contribution in [3.8, 4) is 5.75 Å². The second-order valence-electron chi connectivity index (χ2n) is 8.77. The first kappa shape index (κ1) is 25.4. The summed E-state index contributed by atoms with van der Waals surface area (Å²) in [6.07, 6.45) is 4.47. The Morgan fingerprint density at radius 2 is 1.94 bits per heavy atom. The number of carbonyl (C=O) groups excluding carboxylic acids is 1. The molecule has 1 atom stereocenters. The molecular formula is C28H32N4O3S. The van der Waals surface area contributed by atoms with Crippen LogP contribution in [-0.2, 0) is 24.2 Å². The number of aryl methyl sites for hydroxylation is 1. The Hall–Kier alpha value is -3.65. The van der Waals surface area contributed by atoms with Crippen molar-refractivity contribution in [3.05, 3.63) is 95.7 Å². The summed E-state index contributed by atoms with van der Waals surface area (Å²) in [7, 11) is 1.66. The predicted molar refractivity (Wildman–Crippen MR) is 142 cm³/mol. The van der Waals surface area contributed by atoms with Crippen LogP contribution >= 0.6 is 11.5 Å². The van der Waals surface area contributed by atoms with Gasteiger partial charge in [-0.2, -0.15) is 4.37 Å². The highest BCUT2D eigenvalue weighted by Gasteiger charge is 2.17. The molecule has 0 radical (unpaired) electrons. The number of hydrogen-bond donors (Lipinski definition) is 1. The maximum absolute atomic E-state index is 12.7. The zero-order valence-corrected chi connectivity index (χ0v) is 21.5. The fourth-order valence-corrected chi connectivity index (χ4v) is 4.64. The molecule has 0 saturated heterocycles. The van der Waals surface area contributed by atoms with Gasteiger partial charge in [0.15, 0.2) is 0 Å². The molecule has 188 valence electrons. The van der Waals surface area contributed by atoms with Crippen molar-refractivity contribution in [2.75, 3.05) is 18.6 Å². The molecule has 2 aromatic heterocycles. The number of benzene rings is 2. The second-order valence-corrected chi connectivity index (χ2v) is 9.50. The van der Waals surface area contributed by atoms with Crippen LogP contribution in [-0.4, -0.2) is 35.0 Å². The molecule has 4 rings (SSSR count). The molecule has 2 heterocycles. The van der Waals surface area contributed by atoms with Crippen LogP contribution in [0.5, 0.6) is 5.75 Å². The number of amides is 1. The summed E-state index contributed by atoms with van der Waals surface area (Å²) in [5, 5.41) is 3.90. The smallest absolute Gasteiger partial charge is 0.221 e. The lowest BCUT2D eigenvalue weighted by Gasteiger charge is -2.21. The van der Waals surface area contributed by atoms with Crippen LogP contribution in [0.25, 0.3) is 0 Å². The Morgan fingerprint density at radius 3 is 2.72 bits per heavy atom. The van der Waals surface area contributed by atoms with Gasteiger partial charge < -0.3 is 19.4 Å². The number of nitrogens with one attached hydrogen (secondary N) is 1. The number of carbonyl (C=O) groups is 1. The van der Waals surface area contributed by atoms with Crippen molar-refractivity contribution >= 4 is 22.6 Å². The minimum absolute atomic E-state index is 0.0288. The van der Waals surface area contributed by atoms with E-state index in [9.17, 15) is 4.79 Å². The molecule has 0 spiro atoms. The molecule has 0 aliphatic carbocycles. The first-order valence-corrected chi connectivity index (χ1v) is 12.9. The van der Waals surface area contributed by atoms with Crippen LogP contribution in [0.1, 0.15) is 42.5 Å². The van der Waals surface area contributed by atoms with E-state index in [1.54, 1.807) is 13.4 Å². The van der Waals surface area contributed by atoms with Crippen LogP contribution in [0.2, 0.25) is 0 Å². The third kappa shape index (κ3) is 7.68. The second kappa shape index (κ2) is 12.9. The minimum atomic E-state index is 0.0288. The molecule has 4 aromatic rings. The molecule has 7 nitrogen and oxygen atoms in total. The number of methoxy groups -OCH3 is 1. The highest BCUT2D eigenvalue weighted by molar-refractivity contribution is 7.09. The average molecular weight is 505 g/mol. The summed E-state index contributed by atoms with van der Waals surface area (Å²) in [5.74, 6) is 2.40. The molecule has 36 heavy (non-hydrogen) atoms. The summed E-state index contributed by atoms with van der Waals surface area (Å²) >= 11 is 1.34. The fourth-order valence-electron chi connectivity index (χ4n) is 3.93. The first-order valence-electron chi connectivity index (χ1n) is 12.1. The number of ether oxygens (including phenoxy) is 1. The number of aromatic nitrogens is 2. The van der Waals surface area contributed by atoms with Crippen LogP contribution in [0.4, 0.5) is 5.13 Å². The molecule has 0 aliphatic heterocycles. The Labute approximate surface area is 216 Å². The standard InChI is InChI=1S/C28H32N4O3S/c1-21(13-14-22-8-4-3-5-9-22)29-27(33)15-16-32(20-25-12-7-17-35-25)28-30-26(31-36-28)19-23-10-6-11-24(18-23)34-2/h3-12,17-18,21H,13-16,19-20H2,1-2H3,(H,29,33). The fraction of sp³-hybridized carbons (Fsp3) is 0.321. The van der Waals surface area contributed by atoms with E-state index in [1.807, 2.05) is 54.6 Å². The summed E-state index contributed by atoms with van der Waals surface area (Å²) < 4.78 is 15.4. The van der Waals surface area contributed by atoms with E-state index in [0.717, 1.165) is 40.9 Å². The molecular weight excluding hydrogens is 472 g/mol. The van der Waals surface area contributed by atoms with Gasteiger partial charge in [-0.1, -0.05) is 42.5 Å². The van der Waals surface area contributed by atoms with Gasteiger partial charge >= 0.3 is 0 Å². The normalized spacial score (nSPS) is 11.7. The van der Waals surface area contributed by atoms with Crippen LogP contribution in [0.15, 0.2) is 77.4 Å². The number of furan rings is 1. The Balaban J connectivity index is 1.34. The van der Waals surface area contributed by atoms with Crippen molar-refractivity contribution < 1.29 is 13.9 Å². The van der Waals surface area contributed by atoms with Crippen LogP contribution < -0.4 is 15.0 Å². The van der Waals surface area contributed by atoms with Crippen molar-refractivity contribution in [1.82, 2.24) is 14.7 Å². The Morgan fingerprint density at radius 1 is 1.11 bits per heavy atom. The topological polar surface area (TPSA) is 80.5 Å². The zero-order valence-electron chi connectivity index (χ0n) is 20.7. The monoisotopic (exact) mass is 504 g/mol. The van der Waals surface area contributed by atoms with Gasteiger partial charge in [0.2, 0.25) is 11.0 Å². The molecule has 0 saturated carbocycles. The average Bonchev–Trinajstić information content (AvgIpc) is 3.58. The number of hydrogen-bond acceptors (Lipinski definition) is 7. The van der Waals surface area contributed by atoms with E-state index in [2.05, 4.69) is 33.6 Å². The summed E-state index contributed by atoms with van der Waals surface area (Å²) in [6.45, 7) is 3.10. The Bertz CT molecular complexity index is 1210. The summed E-state index contributed by atoms with van der Waals surface area (Å²) in [6, 6.07) is 22.1. The lowest BCUT2D eigenvalue weighted by Crippen LogP contribution is -2.35. The largest absolute Gasteiger partial charge is 0.497 e. The van der Waals surface area contributed by atoms with E-state index < -0.39 is 0 Å². The third-order valence-corrected chi connectivity index (χ3v) is 6.69. The lowest BCUT2D eigenvalue weighted by atomic mass is 10.1. The van der Waals surface area contributed by atoms with E-state index in [0.29, 0.717) is 25.9 Å². The van der Waals surface area contributed by atoms with Crippen molar-refractivity contribution in [2.45, 2.75) is 45.2 Å². The molecule has 1 N–H and O–H groups in total. The molecule has 8 heteroatoms. The van der Waals surface area contributed by atoms with E-state index >= 15 is 0 Å². The maximum Gasteiger partial charge on any atom is 0.221 e. The molecule has 2 aromatic carbocycles. The first-order chi connectivity index (χ1) is 17.6. The predicted octanol–water partition coefficient (Wildman–Crippen LogP) is 5.26. The molecule has 0 fully saturated rings. The van der Waals surface area contributed by atoms with Gasteiger partial charge in [-0.25, -0.2) is 4.98 Å². The quantitative estimate of drug-likeness (QED) is 0.267. The van der Waals surface area contributed by atoms with Crippen LogP contribution in [0.3, 0.4) is 0 Å². The summed E-state index contributed by atoms with van der Waals surface area (Å²) in [5.41, 5.74) is 2.37. The third-order valence-electron chi connectivity index (χ3n) is 5.88.